The Morgan fingerprint density at radius 2 is 2.13 bits per heavy atom. The normalized spacial score (nSPS) is 35.9. The third kappa shape index (κ3) is 3.05. The van der Waals surface area contributed by atoms with Crippen LogP contribution in [0.3, 0.4) is 0 Å². The zero-order valence-electron chi connectivity index (χ0n) is 18.0. The SMILES string of the molecule is CC1=C2C[C@H]3O[C@@]3(C)[C@@H]2[C@H]2OC(=O)[C@@H](CNCc3cn(-c4ccccc4)nn3)[C@@H]2CC1. The first-order chi connectivity index (χ1) is 15.0. The van der Waals surface area contributed by atoms with E-state index < -0.39 is 0 Å². The molecule has 0 radical (unpaired) electrons. The van der Waals surface area contributed by atoms with E-state index in [1.54, 1.807) is 4.68 Å². The van der Waals surface area contributed by atoms with Crippen LogP contribution in [-0.2, 0) is 20.8 Å². The number of ether oxygens (including phenoxy) is 2. The highest BCUT2D eigenvalue weighted by Gasteiger charge is 2.69. The van der Waals surface area contributed by atoms with Gasteiger partial charge in [0.2, 0.25) is 0 Å². The van der Waals surface area contributed by atoms with Crippen LogP contribution in [0.4, 0.5) is 0 Å². The van der Waals surface area contributed by atoms with Crippen molar-refractivity contribution >= 4 is 5.97 Å². The van der Waals surface area contributed by atoms with E-state index in [0.29, 0.717) is 19.2 Å². The van der Waals surface area contributed by atoms with Crippen molar-refractivity contribution in [2.75, 3.05) is 6.54 Å². The van der Waals surface area contributed by atoms with Crippen molar-refractivity contribution < 1.29 is 14.3 Å². The fourth-order valence-corrected chi connectivity index (χ4v) is 6.04. The number of epoxide rings is 1. The van der Waals surface area contributed by atoms with Crippen molar-refractivity contribution in [1.29, 1.82) is 0 Å². The number of rotatable bonds is 5. The Balaban J connectivity index is 1.13. The van der Waals surface area contributed by atoms with Crippen LogP contribution in [-0.4, -0.2) is 45.3 Å². The third-order valence-corrected chi connectivity index (χ3v) is 7.83. The minimum absolute atomic E-state index is 0.0526. The van der Waals surface area contributed by atoms with Gasteiger partial charge in [-0.3, -0.25) is 4.79 Å². The highest BCUT2D eigenvalue weighted by molar-refractivity contribution is 5.76. The van der Waals surface area contributed by atoms with Crippen LogP contribution in [0.15, 0.2) is 47.7 Å². The van der Waals surface area contributed by atoms with Crippen LogP contribution in [0.1, 0.15) is 38.8 Å². The number of nitrogens with zero attached hydrogens (tertiary/aromatic N) is 3. The lowest BCUT2D eigenvalue weighted by Gasteiger charge is -2.28. The number of carbonyl (C=O) groups excluding carboxylic acids is 1. The summed E-state index contributed by atoms with van der Waals surface area (Å²) in [6.07, 6.45) is 5.24. The fraction of sp³-hybridized carbons (Fsp3) is 0.542. The van der Waals surface area contributed by atoms with Gasteiger partial charge in [-0.15, -0.1) is 5.10 Å². The molecule has 3 fully saturated rings. The van der Waals surface area contributed by atoms with Gasteiger partial charge in [-0.05, 0) is 45.2 Å². The number of allylic oxidation sites excluding steroid dienone is 1. The van der Waals surface area contributed by atoms with Crippen LogP contribution in [0.2, 0.25) is 0 Å². The lowest BCUT2D eigenvalue weighted by molar-refractivity contribution is -0.146. The molecule has 162 valence electrons. The van der Waals surface area contributed by atoms with E-state index in [2.05, 4.69) is 29.5 Å². The summed E-state index contributed by atoms with van der Waals surface area (Å²) in [6.45, 7) is 5.62. The summed E-state index contributed by atoms with van der Waals surface area (Å²) in [5.41, 5.74) is 4.67. The summed E-state index contributed by atoms with van der Waals surface area (Å²) in [6, 6.07) is 9.92. The van der Waals surface area contributed by atoms with Crippen LogP contribution in [0.5, 0.6) is 0 Å². The molecule has 1 N–H and O–H groups in total. The second kappa shape index (κ2) is 7.00. The van der Waals surface area contributed by atoms with E-state index in [0.717, 1.165) is 30.6 Å². The number of carbonyl (C=O) groups is 1. The average molecular weight is 421 g/mol. The molecular formula is C24H28N4O3. The molecular weight excluding hydrogens is 392 g/mol. The average Bonchev–Trinajstić information content (AvgIpc) is 3.07. The summed E-state index contributed by atoms with van der Waals surface area (Å²) in [7, 11) is 0. The van der Waals surface area contributed by atoms with E-state index in [-0.39, 0.29) is 35.4 Å². The van der Waals surface area contributed by atoms with Gasteiger partial charge in [0.15, 0.2) is 0 Å². The van der Waals surface area contributed by atoms with Gasteiger partial charge in [0, 0.05) is 24.9 Å². The summed E-state index contributed by atoms with van der Waals surface area (Å²) >= 11 is 0. The maximum absolute atomic E-state index is 12.8. The van der Waals surface area contributed by atoms with Gasteiger partial charge in [0.1, 0.15) is 11.7 Å². The molecule has 7 nitrogen and oxygen atoms in total. The fourth-order valence-electron chi connectivity index (χ4n) is 6.04. The molecule has 2 aliphatic heterocycles. The largest absolute Gasteiger partial charge is 0.461 e. The van der Waals surface area contributed by atoms with Crippen molar-refractivity contribution in [3.63, 3.8) is 0 Å². The standard InChI is InChI=1S/C24H28N4O3/c1-14-8-9-17-19(23(29)30-22(17)21-18(14)10-20-24(21,2)31-20)12-25-11-15-13-28(27-26-15)16-6-4-3-5-7-16/h3-7,13,17,19-22,25H,8-12H2,1-2H3/t17-,19-,20+,21-,22-,24+/m0/s1. The summed E-state index contributed by atoms with van der Waals surface area (Å²) in [5, 5.41) is 11.9. The first kappa shape index (κ1) is 19.2. The van der Waals surface area contributed by atoms with Crippen molar-refractivity contribution in [2.45, 2.75) is 57.5 Å². The van der Waals surface area contributed by atoms with Gasteiger partial charge in [0.05, 0.1) is 29.6 Å². The highest BCUT2D eigenvalue weighted by Crippen LogP contribution is 2.62. The smallest absolute Gasteiger partial charge is 0.310 e. The molecule has 0 spiro atoms. The summed E-state index contributed by atoms with van der Waals surface area (Å²) in [4.78, 5) is 12.8. The number of para-hydroxylation sites is 1. The van der Waals surface area contributed by atoms with Crippen LogP contribution in [0, 0.1) is 17.8 Å². The summed E-state index contributed by atoms with van der Waals surface area (Å²) in [5.74, 6) is 0.270. The van der Waals surface area contributed by atoms with Crippen LogP contribution >= 0.6 is 0 Å². The van der Waals surface area contributed by atoms with Gasteiger partial charge in [0.25, 0.3) is 0 Å². The Morgan fingerprint density at radius 3 is 2.97 bits per heavy atom. The quantitative estimate of drug-likeness (QED) is 0.455. The van der Waals surface area contributed by atoms with Gasteiger partial charge >= 0.3 is 5.97 Å². The minimum atomic E-state index is -0.137. The maximum Gasteiger partial charge on any atom is 0.310 e. The Kier molecular flexibility index (Phi) is 4.34. The first-order valence-electron chi connectivity index (χ1n) is 11.3. The van der Waals surface area contributed by atoms with E-state index in [1.165, 1.54) is 11.1 Å². The minimum Gasteiger partial charge on any atom is -0.461 e. The molecule has 1 aromatic carbocycles. The van der Waals surface area contributed by atoms with Crippen molar-refractivity contribution in [3.05, 3.63) is 53.4 Å². The van der Waals surface area contributed by atoms with Gasteiger partial charge < -0.3 is 14.8 Å². The molecule has 6 rings (SSSR count). The molecule has 1 aromatic heterocycles. The molecule has 7 heteroatoms. The Hall–Kier alpha value is -2.51. The molecule has 2 aromatic rings. The molecule has 0 bridgehead atoms. The maximum atomic E-state index is 12.8. The number of fused-ring (bicyclic) bond motifs is 5. The van der Waals surface area contributed by atoms with Crippen molar-refractivity contribution in [3.8, 4) is 5.69 Å². The summed E-state index contributed by atoms with van der Waals surface area (Å²) < 4.78 is 13.8. The topological polar surface area (TPSA) is 81.6 Å². The lowest BCUT2D eigenvalue weighted by atomic mass is 9.78. The van der Waals surface area contributed by atoms with E-state index >= 15 is 0 Å². The zero-order valence-corrected chi connectivity index (χ0v) is 18.0. The predicted molar refractivity (Wildman–Crippen MR) is 113 cm³/mol. The van der Waals surface area contributed by atoms with Crippen molar-refractivity contribution in [1.82, 2.24) is 20.3 Å². The molecule has 0 unspecified atom stereocenters. The number of hydrogen-bond acceptors (Lipinski definition) is 6. The van der Waals surface area contributed by atoms with Gasteiger partial charge in [-0.2, -0.15) is 0 Å². The van der Waals surface area contributed by atoms with E-state index in [1.807, 2.05) is 36.5 Å². The highest BCUT2D eigenvalue weighted by atomic mass is 16.6. The Labute approximate surface area is 181 Å². The number of benzene rings is 1. The van der Waals surface area contributed by atoms with Gasteiger partial charge in [-0.1, -0.05) is 34.6 Å². The van der Waals surface area contributed by atoms with Crippen molar-refractivity contribution in [2.24, 2.45) is 17.8 Å². The molecule has 3 heterocycles. The third-order valence-electron chi connectivity index (χ3n) is 7.83. The van der Waals surface area contributed by atoms with E-state index in [4.69, 9.17) is 9.47 Å². The van der Waals surface area contributed by atoms with Crippen LogP contribution < -0.4 is 5.32 Å². The Morgan fingerprint density at radius 1 is 1.29 bits per heavy atom. The molecule has 2 aliphatic carbocycles. The second-order valence-electron chi connectivity index (χ2n) is 9.61. The number of hydrogen-bond donors (Lipinski definition) is 1. The monoisotopic (exact) mass is 420 g/mol. The molecule has 2 saturated heterocycles. The molecule has 6 atom stereocenters. The lowest BCUT2D eigenvalue weighted by Crippen LogP contribution is -2.37. The molecule has 4 aliphatic rings. The number of nitrogens with one attached hydrogen (secondary N) is 1. The van der Waals surface area contributed by atoms with E-state index in [9.17, 15) is 4.79 Å². The first-order valence-corrected chi connectivity index (χ1v) is 11.3. The second-order valence-corrected chi connectivity index (χ2v) is 9.61. The molecule has 0 amide bonds. The van der Waals surface area contributed by atoms with Crippen LogP contribution in [0.25, 0.3) is 5.69 Å². The van der Waals surface area contributed by atoms with Gasteiger partial charge in [-0.25, -0.2) is 4.68 Å². The Bertz CT molecular complexity index is 1050. The molecule has 1 saturated carbocycles. The number of aromatic nitrogens is 3. The number of esters is 1. The predicted octanol–water partition coefficient (Wildman–Crippen LogP) is 2.80. The molecule has 31 heavy (non-hydrogen) atoms. The zero-order chi connectivity index (χ0) is 21.2.